The Morgan fingerprint density at radius 3 is 2.27 bits per heavy atom. The van der Waals surface area contributed by atoms with Crippen molar-refractivity contribution in [3.05, 3.63) is 66.4 Å². The van der Waals surface area contributed by atoms with E-state index < -0.39 is 11.6 Å². The van der Waals surface area contributed by atoms with Gasteiger partial charge in [0.05, 0.1) is 6.10 Å². The van der Waals surface area contributed by atoms with Crippen LogP contribution in [0.1, 0.15) is 13.8 Å². The molecule has 0 bridgehead atoms. The first-order valence-corrected chi connectivity index (χ1v) is 8.09. The minimum Gasteiger partial charge on any atom is -0.491 e. The SMILES string of the molecule is CC(C)Oc1ccc(Nc2nccc(Nc3c(F)cccc3F)n2)cc1. The highest BCUT2D eigenvalue weighted by molar-refractivity contribution is 5.60. The summed E-state index contributed by atoms with van der Waals surface area (Å²) >= 11 is 0. The van der Waals surface area contributed by atoms with Crippen molar-refractivity contribution in [3.63, 3.8) is 0 Å². The van der Waals surface area contributed by atoms with E-state index in [-0.39, 0.29) is 17.6 Å². The molecule has 0 fully saturated rings. The summed E-state index contributed by atoms with van der Waals surface area (Å²) in [6.45, 7) is 3.91. The van der Waals surface area contributed by atoms with Crippen LogP contribution in [-0.2, 0) is 0 Å². The number of halogens is 2. The molecule has 0 aliphatic rings. The minimum absolute atomic E-state index is 0.0960. The summed E-state index contributed by atoms with van der Waals surface area (Å²) in [6, 6.07) is 12.5. The lowest BCUT2D eigenvalue weighted by Gasteiger charge is -2.11. The van der Waals surface area contributed by atoms with E-state index in [1.165, 1.54) is 30.5 Å². The summed E-state index contributed by atoms with van der Waals surface area (Å²) in [5.74, 6) is -0.0647. The second-order valence-electron chi connectivity index (χ2n) is 5.80. The molecule has 1 heterocycles. The minimum atomic E-state index is -0.695. The Bertz CT molecular complexity index is 865. The lowest BCUT2D eigenvalue weighted by atomic mass is 10.3. The smallest absolute Gasteiger partial charge is 0.229 e. The van der Waals surface area contributed by atoms with Gasteiger partial charge in [-0.05, 0) is 56.3 Å². The quantitative estimate of drug-likeness (QED) is 0.649. The van der Waals surface area contributed by atoms with E-state index in [0.717, 1.165) is 11.4 Å². The van der Waals surface area contributed by atoms with Gasteiger partial charge in [0.1, 0.15) is 28.9 Å². The van der Waals surface area contributed by atoms with E-state index in [1.54, 1.807) is 0 Å². The fraction of sp³-hybridized carbons (Fsp3) is 0.158. The number of hydrogen-bond acceptors (Lipinski definition) is 5. The number of nitrogens with zero attached hydrogens (tertiary/aromatic N) is 2. The molecule has 2 aromatic carbocycles. The monoisotopic (exact) mass is 356 g/mol. The van der Waals surface area contributed by atoms with Gasteiger partial charge in [0.2, 0.25) is 5.95 Å². The number of anilines is 4. The van der Waals surface area contributed by atoms with Gasteiger partial charge in [0, 0.05) is 11.9 Å². The largest absolute Gasteiger partial charge is 0.491 e. The number of benzene rings is 2. The summed E-state index contributed by atoms with van der Waals surface area (Å²) in [5.41, 5.74) is 0.502. The van der Waals surface area contributed by atoms with Gasteiger partial charge in [-0.1, -0.05) is 6.07 Å². The van der Waals surface area contributed by atoms with Crippen molar-refractivity contribution < 1.29 is 13.5 Å². The number of nitrogens with one attached hydrogen (secondary N) is 2. The first kappa shape index (κ1) is 17.6. The van der Waals surface area contributed by atoms with Crippen LogP contribution in [0.2, 0.25) is 0 Å². The second kappa shape index (κ2) is 7.77. The van der Waals surface area contributed by atoms with Crippen LogP contribution in [0.4, 0.5) is 31.9 Å². The molecule has 3 rings (SSSR count). The predicted octanol–water partition coefficient (Wildman–Crippen LogP) is 5.03. The molecule has 5 nitrogen and oxygen atoms in total. The zero-order valence-electron chi connectivity index (χ0n) is 14.3. The highest BCUT2D eigenvalue weighted by atomic mass is 19.1. The summed E-state index contributed by atoms with van der Waals surface area (Å²) in [5, 5.41) is 5.67. The average Bonchev–Trinajstić information content (AvgIpc) is 2.60. The Morgan fingerprint density at radius 1 is 0.923 bits per heavy atom. The van der Waals surface area contributed by atoms with E-state index in [4.69, 9.17) is 4.74 Å². The Kier molecular flexibility index (Phi) is 5.26. The summed E-state index contributed by atoms with van der Waals surface area (Å²) in [7, 11) is 0. The number of rotatable bonds is 6. The van der Waals surface area contributed by atoms with Crippen LogP contribution in [0.5, 0.6) is 5.75 Å². The fourth-order valence-corrected chi connectivity index (χ4v) is 2.25. The molecule has 0 amide bonds. The van der Waals surface area contributed by atoms with Crippen molar-refractivity contribution in [1.82, 2.24) is 9.97 Å². The van der Waals surface area contributed by atoms with E-state index in [9.17, 15) is 8.78 Å². The third-order valence-electron chi connectivity index (χ3n) is 3.35. The molecule has 26 heavy (non-hydrogen) atoms. The molecule has 0 saturated heterocycles. The van der Waals surface area contributed by atoms with Gasteiger partial charge in [-0.25, -0.2) is 13.8 Å². The molecule has 0 unspecified atom stereocenters. The molecular weight excluding hydrogens is 338 g/mol. The lowest BCUT2D eigenvalue weighted by Crippen LogP contribution is -2.05. The second-order valence-corrected chi connectivity index (χ2v) is 5.80. The van der Waals surface area contributed by atoms with Gasteiger partial charge in [-0.3, -0.25) is 0 Å². The predicted molar refractivity (Wildman–Crippen MR) is 97.2 cm³/mol. The van der Waals surface area contributed by atoms with Gasteiger partial charge in [0.15, 0.2) is 0 Å². The molecule has 0 spiro atoms. The Balaban J connectivity index is 1.73. The van der Waals surface area contributed by atoms with Crippen LogP contribution >= 0.6 is 0 Å². The average molecular weight is 356 g/mol. The zero-order chi connectivity index (χ0) is 18.5. The third-order valence-corrected chi connectivity index (χ3v) is 3.35. The van der Waals surface area contributed by atoms with E-state index in [1.807, 2.05) is 38.1 Å². The highest BCUT2D eigenvalue weighted by Crippen LogP contribution is 2.23. The maximum atomic E-state index is 13.7. The fourth-order valence-electron chi connectivity index (χ4n) is 2.25. The summed E-state index contributed by atoms with van der Waals surface area (Å²) < 4.78 is 33.1. The van der Waals surface area contributed by atoms with Crippen LogP contribution in [-0.4, -0.2) is 16.1 Å². The lowest BCUT2D eigenvalue weighted by molar-refractivity contribution is 0.242. The molecule has 0 aliphatic carbocycles. The third kappa shape index (κ3) is 4.44. The van der Waals surface area contributed by atoms with Crippen molar-refractivity contribution in [3.8, 4) is 5.75 Å². The molecule has 0 saturated carbocycles. The van der Waals surface area contributed by atoms with Crippen LogP contribution in [0.3, 0.4) is 0 Å². The number of ether oxygens (including phenoxy) is 1. The molecule has 134 valence electrons. The summed E-state index contributed by atoms with van der Waals surface area (Å²) in [6.07, 6.45) is 1.59. The molecule has 0 radical (unpaired) electrons. The molecule has 7 heteroatoms. The van der Waals surface area contributed by atoms with Gasteiger partial charge in [-0.2, -0.15) is 4.98 Å². The van der Waals surface area contributed by atoms with Crippen molar-refractivity contribution in [1.29, 1.82) is 0 Å². The maximum Gasteiger partial charge on any atom is 0.229 e. The van der Waals surface area contributed by atoms with E-state index in [2.05, 4.69) is 20.6 Å². The molecule has 0 atom stereocenters. The highest BCUT2D eigenvalue weighted by Gasteiger charge is 2.09. The first-order chi connectivity index (χ1) is 12.5. The van der Waals surface area contributed by atoms with Crippen molar-refractivity contribution in [2.45, 2.75) is 20.0 Å². The van der Waals surface area contributed by atoms with Crippen molar-refractivity contribution in [2.75, 3.05) is 10.6 Å². The molecule has 3 aromatic rings. The van der Waals surface area contributed by atoms with Gasteiger partial charge < -0.3 is 15.4 Å². The molecule has 2 N–H and O–H groups in total. The zero-order valence-corrected chi connectivity index (χ0v) is 14.3. The number of hydrogen-bond donors (Lipinski definition) is 2. The Hall–Kier alpha value is -3.22. The topological polar surface area (TPSA) is 59.1 Å². The van der Waals surface area contributed by atoms with Crippen molar-refractivity contribution >= 4 is 23.1 Å². The van der Waals surface area contributed by atoms with Crippen molar-refractivity contribution in [2.24, 2.45) is 0 Å². The Morgan fingerprint density at radius 2 is 1.62 bits per heavy atom. The number of para-hydroxylation sites is 1. The molecule has 1 aromatic heterocycles. The van der Waals surface area contributed by atoms with Gasteiger partial charge >= 0.3 is 0 Å². The number of aromatic nitrogens is 2. The van der Waals surface area contributed by atoms with Gasteiger partial charge in [0.25, 0.3) is 0 Å². The molecular formula is C19H18F2N4O. The van der Waals surface area contributed by atoms with E-state index >= 15 is 0 Å². The van der Waals surface area contributed by atoms with Gasteiger partial charge in [-0.15, -0.1) is 0 Å². The van der Waals surface area contributed by atoms with Crippen LogP contribution < -0.4 is 15.4 Å². The first-order valence-electron chi connectivity index (χ1n) is 8.09. The standard InChI is InChI=1S/C19H18F2N4O/c1-12(2)26-14-8-6-13(7-9-14)23-19-22-11-10-17(25-19)24-18-15(20)4-3-5-16(18)21/h3-12H,1-2H3,(H2,22,23,24,25). The maximum absolute atomic E-state index is 13.7. The summed E-state index contributed by atoms with van der Waals surface area (Å²) in [4.78, 5) is 8.33. The Labute approximate surface area is 150 Å². The van der Waals surface area contributed by atoms with Crippen LogP contribution in [0, 0.1) is 11.6 Å². The van der Waals surface area contributed by atoms with Crippen LogP contribution in [0.25, 0.3) is 0 Å². The molecule has 0 aliphatic heterocycles. The van der Waals surface area contributed by atoms with Crippen LogP contribution in [0.15, 0.2) is 54.7 Å². The normalized spacial score (nSPS) is 10.7. The van der Waals surface area contributed by atoms with E-state index in [0.29, 0.717) is 5.95 Å².